The Bertz CT molecular complexity index is 622. The lowest BCUT2D eigenvalue weighted by molar-refractivity contribution is -0.0227. The summed E-state index contributed by atoms with van der Waals surface area (Å²) < 4.78 is 16.5. The number of hydrogen-bond acceptors (Lipinski definition) is 6. The molecule has 1 unspecified atom stereocenters. The molecule has 5 atom stereocenters. The van der Waals surface area contributed by atoms with Crippen molar-refractivity contribution in [2.24, 2.45) is 0 Å². The molecule has 1 aromatic carbocycles. The Balaban J connectivity index is 1.98. The summed E-state index contributed by atoms with van der Waals surface area (Å²) >= 11 is 0. The predicted octanol–water partition coefficient (Wildman–Crippen LogP) is 2.66. The van der Waals surface area contributed by atoms with E-state index < -0.39 is 23.8 Å². The Kier molecular flexibility index (Phi) is 9.55. The van der Waals surface area contributed by atoms with Gasteiger partial charge < -0.3 is 30.0 Å². The summed E-state index contributed by atoms with van der Waals surface area (Å²) in [5, 5.41) is 17.2. The van der Waals surface area contributed by atoms with Crippen molar-refractivity contribution < 1.29 is 24.1 Å². The van der Waals surface area contributed by atoms with Crippen molar-refractivity contribution in [1.82, 2.24) is 10.6 Å². The van der Waals surface area contributed by atoms with Gasteiger partial charge in [0.15, 0.2) is 0 Å². The maximum atomic E-state index is 12.3. The van der Waals surface area contributed by atoms with Crippen molar-refractivity contribution in [3.8, 4) is 0 Å². The van der Waals surface area contributed by atoms with Gasteiger partial charge in [0.2, 0.25) is 0 Å². The molecule has 0 heterocycles. The minimum atomic E-state index is -0.776. The zero-order chi connectivity index (χ0) is 22.1. The van der Waals surface area contributed by atoms with Crippen molar-refractivity contribution >= 4 is 6.09 Å². The predicted molar refractivity (Wildman–Crippen MR) is 117 cm³/mol. The van der Waals surface area contributed by atoms with Gasteiger partial charge in [-0.25, -0.2) is 4.79 Å². The molecule has 0 bridgehead atoms. The zero-order valence-corrected chi connectivity index (χ0v) is 18.9. The smallest absolute Gasteiger partial charge is 0.407 e. The van der Waals surface area contributed by atoms with Gasteiger partial charge in [0, 0.05) is 26.8 Å². The fourth-order valence-electron chi connectivity index (χ4n) is 3.81. The fourth-order valence-corrected chi connectivity index (χ4v) is 3.81. The number of benzene rings is 1. The minimum Gasteiger partial charge on any atom is -0.444 e. The third-order valence-corrected chi connectivity index (χ3v) is 5.37. The highest BCUT2D eigenvalue weighted by Crippen LogP contribution is 2.23. The Morgan fingerprint density at radius 1 is 1.10 bits per heavy atom. The number of aliphatic hydroxyl groups excluding tert-OH is 1. The summed E-state index contributed by atoms with van der Waals surface area (Å²) in [6.45, 7) is 5.81. The van der Waals surface area contributed by atoms with Gasteiger partial charge in [-0.3, -0.25) is 0 Å². The molecule has 30 heavy (non-hydrogen) atoms. The summed E-state index contributed by atoms with van der Waals surface area (Å²) in [5.74, 6) is 0. The first-order valence-electron chi connectivity index (χ1n) is 10.7. The average molecular weight is 423 g/mol. The summed E-state index contributed by atoms with van der Waals surface area (Å²) in [7, 11) is 3.44. The van der Waals surface area contributed by atoms with Crippen molar-refractivity contribution in [2.75, 3.05) is 20.8 Å². The van der Waals surface area contributed by atoms with E-state index in [-0.39, 0.29) is 18.2 Å². The third kappa shape index (κ3) is 8.60. The van der Waals surface area contributed by atoms with Crippen LogP contribution in [0, 0.1) is 0 Å². The van der Waals surface area contributed by atoms with E-state index >= 15 is 0 Å². The number of carbonyl (C=O) groups is 1. The van der Waals surface area contributed by atoms with Crippen molar-refractivity contribution in [2.45, 2.75) is 82.5 Å². The molecule has 7 nitrogen and oxygen atoms in total. The van der Waals surface area contributed by atoms with Crippen LogP contribution in [0.15, 0.2) is 30.3 Å². The molecule has 0 saturated heterocycles. The first-order valence-corrected chi connectivity index (χ1v) is 10.7. The molecule has 1 saturated carbocycles. The SMILES string of the molecule is CO[C@@H]1CC(NC[C@@H](O)[C@H](Cc2ccccc2)NC(=O)OC(C)(C)C)C[C@H](OC)C1. The van der Waals surface area contributed by atoms with E-state index in [1.165, 1.54) is 0 Å². The number of nitrogens with one attached hydrogen (secondary N) is 2. The summed E-state index contributed by atoms with van der Waals surface area (Å²) in [4.78, 5) is 12.3. The summed E-state index contributed by atoms with van der Waals surface area (Å²) in [6, 6.07) is 9.51. The highest BCUT2D eigenvalue weighted by Gasteiger charge is 2.30. The van der Waals surface area contributed by atoms with Crippen molar-refractivity contribution in [1.29, 1.82) is 0 Å². The van der Waals surface area contributed by atoms with Gasteiger partial charge in [0.05, 0.1) is 24.4 Å². The Labute approximate surface area is 180 Å². The van der Waals surface area contributed by atoms with Crippen LogP contribution >= 0.6 is 0 Å². The lowest BCUT2D eigenvalue weighted by Gasteiger charge is -2.35. The number of aliphatic hydroxyl groups is 1. The second-order valence-electron chi connectivity index (χ2n) is 9.04. The fraction of sp³-hybridized carbons (Fsp3) is 0.696. The first-order chi connectivity index (χ1) is 14.2. The van der Waals surface area contributed by atoms with E-state index in [1.807, 2.05) is 51.1 Å². The van der Waals surface area contributed by atoms with Crippen LogP contribution in [0.5, 0.6) is 0 Å². The van der Waals surface area contributed by atoms with Gasteiger partial charge in [0.1, 0.15) is 5.60 Å². The number of hydrogen-bond donors (Lipinski definition) is 3. The lowest BCUT2D eigenvalue weighted by atomic mass is 9.90. The van der Waals surface area contributed by atoms with E-state index in [1.54, 1.807) is 14.2 Å². The van der Waals surface area contributed by atoms with E-state index in [0.717, 1.165) is 24.8 Å². The number of alkyl carbamates (subject to hydrolysis) is 1. The Morgan fingerprint density at radius 3 is 2.23 bits per heavy atom. The number of carbonyl (C=O) groups excluding carboxylic acids is 1. The van der Waals surface area contributed by atoms with E-state index in [4.69, 9.17) is 14.2 Å². The topological polar surface area (TPSA) is 89.1 Å². The summed E-state index contributed by atoms with van der Waals surface area (Å²) in [5.41, 5.74) is 0.436. The van der Waals surface area contributed by atoms with Crippen LogP contribution in [0.2, 0.25) is 0 Å². The Morgan fingerprint density at radius 2 is 1.70 bits per heavy atom. The van der Waals surface area contributed by atoms with E-state index in [2.05, 4.69) is 10.6 Å². The largest absolute Gasteiger partial charge is 0.444 e. The average Bonchev–Trinajstić information content (AvgIpc) is 2.70. The first kappa shape index (κ1) is 24.6. The molecule has 0 radical (unpaired) electrons. The van der Waals surface area contributed by atoms with Crippen LogP contribution in [0.25, 0.3) is 0 Å². The van der Waals surface area contributed by atoms with Crippen molar-refractivity contribution in [3.63, 3.8) is 0 Å². The van der Waals surface area contributed by atoms with Gasteiger partial charge >= 0.3 is 6.09 Å². The van der Waals surface area contributed by atoms with Gasteiger partial charge in [-0.05, 0) is 52.0 Å². The van der Waals surface area contributed by atoms with Crippen LogP contribution in [0.3, 0.4) is 0 Å². The summed E-state index contributed by atoms with van der Waals surface area (Å²) in [6.07, 6.45) is 2.09. The van der Waals surface area contributed by atoms with Crippen LogP contribution in [0.1, 0.15) is 45.6 Å². The molecule has 1 aliphatic carbocycles. The number of rotatable bonds is 9. The molecule has 1 amide bonds. The van der Waals surface area contributed by atoms with Crippen LogP contribution in [-0.4, -0.2) is 68.0 Å². The molecule has 2 rings (SSSR count). The molecular formula is C23H38N2O5. The minimum absolute atomic E-state index is 0.137. The number of methoxy groups -OCH3 is 2. The quantitative estimate of drug-likeness (QED) is 0.567. The van der Waals surface area contributed by atoms with E-state index in [9.17, 15) is 9.90 Å². The third-order valence-electron chi connectivity index (χ3n) is 5.37. The molecule has 0 aliphatic heterocycles. The molecule has 7 heteroatoms. The van der Waals surface area contributed by atoms with Crippen LogP contribution in [-0.2, 0) is 20.6 Å². The zero-order valence-electron chi connectivity index (χ0n) is 18.9. The standard InChI is InChI=1S/C23H38N2O5/c1-23(2,3)30-22(27)25-20(11-16-9-7-6-8-10-16)21(26)15-24-17-12-18(28-4)14-19(13-17)29-5/h6-10,17-21,24,26H,11-15H2,1-5H3,(H,25,27)/t17?,18-,19+,20-,21+/m0/s1. The van der Waals surface area contributed by atoms with E-state index in [0.29, 0.717) is 13.0 Å². The highest BCUT2D eigenvalue weighted by molar-refractivity contribution is 5.68. The molecule has 1 fully saturated rings. The molecule has 0 spiro atoms. The second-order valence-corrected chi connectivity index (χ2v) is 9.04. The van der Waals surface area contributed by atoms with Gasteiger partial charge in [-0.1, -0.05) is 30.3 Å². The monoisotopic (exact) mass is 422 g/mol. The molecule has 0 aromatic heterocycles. The van der Waals surface area contributed by atoms with Gasteiger partial charge in [0.25, 0.3) is 0 Å². The molecule has 1 aliphatic rings. The molecule has 170 valence electrons. The number of amides is 1. The molecular weight excluding hydrogens is 384 g/mol. The normalized spacial score (nSPS) is 24.1. The van der Waals surface area contributed by atoms with Crippen LogP contribution in [0.4, 0.5) is 4.79 Å². The molecule has 1 aromatic rings. The van der Waals surface area contributed by atoms with Gasteiger partial charge in [-0.15, -0.1) is 0 Å². The maximum Gasteiger partial charge on any atom is 0.407 e. The molecule has 3 N–H and O–H groups in total. The van der Waals surface area contributed by atoms with Crippen LogP contribution < -0.4 is 10.6 Å². The van der Waals surface area contributed by atoms with Crippen molar-refractivity contribution in [3.05, 3.63) is 35.9 Å². The highest BCUT2D eigenvalue weighted by atomic mass is 16.6. The maximum absolute atomic E-state index is 12.3. The Hall–Kier alpha value is -1.67. The number of ether oxygens (including phenoxy) is 3. The second kappa shape index (κ2) is 11.6. The lowest BCUT2D eigenvalue weighted by Crippen LogP contribution is -2.52. The van der Waals surface area contributed by atoms with Gasteiger partial charge in [-0.2, -0.15) is 0 Å².